The summed E-state index contributed by atoms with van der Waals surface area (Å²) in [6, 6.07) is 3.07. The maximum absolute atomic E-state index is 12.8. The predicted molar refractivity (Wildman–Crippen MR) is 116 cm³/mol. The van der Waals surface area contributed by atoms with Gasteiger partial charge in [-0.2, -0.15) is 13.2 Å². The quantitative estimate of drug-likeness (QED) is 0.311. The molecular formula is C19H24ClF3O2S2Si. The molecule has 2 nitrogen and oxygen atoms in total. The fourth-order valence-electron chi connectivity index (χ4n) is 1.90. The molecule has 0 saturated carbocycles. The molecule has 0 bridgehead atoms. The number of benzene rings is 1. The van der Waals surface area contributed by atoms with Crippen LogP contribution in [0, 0.1) is 0 Å². The average Bonchev–Trinajstić information content (AvgIpc) is 2.58. The molecule has 0 saturated heterocycles. The van der Waals surface area contributed by atoms with E-state index in [2.05, 4.69) is 33.9 Å². The minimum atomic E-state index is -4.43. The lowest BCUT2D eigenvalue weighted by Crippen LogP contribution is -2.41. The van der Waals surface area contributed by atoms with Crippen LogP contribution in [-0.2, 0) is 10.6 Å². The van der Waals surface area contributed by atoms with Crippen LogP contribution in [0.25, 0.3) is 0 Å². The number of halogens is 4. The minimum Gasteiger partial charge on any atom is -0.487 e. The Morgan fingerprint density at radius 2 is 1.57 bits per heavy atom. The summed E-state index contributed by atoms with van der Waals surface area (Å²) in [4.78, 5) is 2.00. The van der Waals surface area contributed by atoms with Gasteiger partial charge >= 0.3 is 6.18 Å². The third-order valence-corrected chi connectivity index (χ3v) is 12.1. The fraction of sp³-hybridized carbons (Fsp3) is 0.474. The summed E-state index contributed by atoms with van der Waals surface area (Å²) in [5, 5.41) is 0.306. The van der Waals surface area contributed by atoms with Crippen molar-refractivity contribution in [3.63, 3.8) is 0 Å². The summed E-state index contributed by atoms with van der Waals surface area (Å²) >= 11 is 5.96. The van der Waals surface area contributed by atoms with Gasteiger partial charge in [-0.3, -0.25) is 0 Å². The predicted octanol–water partition coefficient (Wildman–Crippen LogP) is 7.92. The van der Waals surface area contributed by atoms with Crippen LogP contribution in [0.1, 0.15) is 26.3 Å². The Hall–Kier alpha value is -0.543. The highest BCUT2D eigenvalue weighted by molar-refractivity contribution is 8.79. The molecule has 0 fully saturated rings. The number of allylic oxidation sites excluding steroid dienone is 2. The Bertz CT molecular complexity index is 771. The van der Waals surface area contributed by atoms with Gasteiger partial charge < -0.3 is 9.16 Å². The van der Waals surface area contributed by atoms with Gasteiger partial charge in [-0.05, 0) is 48.5 Å². The Kier molecular flexibility index (Phi) is 7.70. The summed E-state index contributed by atoms with van der Waals surface area (Å²) in [7, 11) is 1.29. The van der Waals surface area contributed by atoms with Crippen LogP contribution < -0.4 is 4.74 Å². The standard InChI is InChI=1S/C19H24ClF3O2S2Si/c1-18(2,3)28(4,5)25-12-15-8-7-14(26-27-15)11-24-17-10-13(19(21,22)23)6-9-16(17)20/h6-10H,11-12H2,1-5H3. The van der Waals surface area contributed by atoms with Crippen molar-refractivity contribution >= 4 is 41.5 Å². The molecule has 2 rings (SSSR count). The lowest BCUT2D eigenvalue weighted by molar-refractivity contribution is -0.137. The average molecular weight is 469 g/mol. The largest absolute Gasteiger partial charge is 0.487 e. The molecular weight excluding hydrogens is 445 g/mol. The highest BCUT2D eigenvalue weighted by atomic mass is 35.5. The van der Waals surface area contributed by atoms with Crippen molar-refractivity contribution in [3.8, 4) is 5.75 Å². The monoisotopic (exact) mass is 468 g/mol. The zero-order valence-corrected chi connectivity index (χ0v) is 19.8. The maximum Gasteiger partial charge on any atom is 0.416 e. The summed E-state index contributed by atoms with van der Waals surface area (Å²) in [5.41, 5.74) is -0.781. The van der Waals surface area contributed by atoms with Crippen molar-refractivity contribution in [3.05, 3.63) is 50.7 Å². The lowest BCUT2D eigenvalue weighted by Gasteiger charge is -2.36. The minimum absolute atomic E-state index is 0.0269. The fourth-order valence-corrected chi connectivity index (χ4v) is 5.07. The van der Waals surface area contributed by atoms with Crippen LogP contribution in [-0.4, -0.2) is 21.5 Å². The van der Waals surface area contributed by atoms with Gasteiger partial charge in [0.05, 0.1) is 17.2 Å². The topological polar surface area (TPSA) is 18.5 Å². The summed E-state index contributed by atoms with van der Waals surface area (Å²) in [6.07, 6.45) is -0.549. The molecule has 1 aromatic carbocycles. The number of rotatable bonds is 6. The van der Waals surface area contributed by atoms with Gasteiger partial charge in [0.2, 0.25) is 0 Å². The van der Waals surface area contributed by atoms with E-state index in [9.17, 15) is 13.2 Å². The van der Waals surface area contributed by atoms with Crippen LogP contribution in [0.3, 0.4) is 0 Å². The maximum atomic E-state index is 12.8. The SMILES string of the molecule is CC(C)(C)[Si](C)(C)OCC1=CC=C(COc2cc(C(F)(F)F)ccc2Cl)SS1. The summed E-state index contributed by atoms with van der Waals surface area (Å²) in [6.45, 7) is 11.7. The normalized spacial score (nSPS) is 15.9. The molecule has 0 spiro atoms. The highest BCUT2D eigenvalue weighted by Gasteiger charge is 2.37. The Morgan fingerprint density at radius 1 is 1.00 bits per heavy atom. The van der Waals surface area contributed by atoms with Gasteiger partial charge in [-0.25, -0.2) is 0 Å². The van der Waals surface area contributed by atoms with Crippen molar-refractivity contribution in [1.29, 1.82) is 0 Å². The van der Waals surface area contributed by atoms with E-state index < -0.39 is 20.1 Å². The zero-order chi connectivity index (χ0) is 21.2. The molecule has 1 aromatic rings. The third kappa shape index (κ3) is 6.48. The van der Waals surface area contributed by atoms with Crippen LogP contribution in [0.4, 0.5) is 13.2 Å². The van der Waals surface area contributed by atoms with E-state index >= 15 is 0 Å². The van der Waals surface area contributed by atoms with E-state index in [4.69, 9.17) is 20.8 Å². The first-order valence-electron chi connectivity index (χ1n) is 8.67. The van der Waals surface area contributed by atoms with E-state index in [0.717, 1.165) is 21.9 Å². The second kappa shape index (κ2) is 9.08. The zero-order valence-electron chi connectivity index (χ0n) is 16.4. The van der Waals surface area contributed by atoms with Crippen LogP contribution >= 0.6 is 33.2 Å². The molecule has 156 valence electrons. The van der Waals surface area contributed by atoms with Gasteiger partial charge in [-0.1, -0.05) is 54.0 Å². The number of hydrogen-bond donors (Lipinski definition) is 0. The molecule has 0 radical (unpaired) electrons. The van der Waals surface area contributed by atoms with Gasteiger partial charge in [0.1, 0.15) is 12.4 Å². The van der Waals surface area contributed by atoms with Crippen LogP contribution in [0.15, 0.2) is 40.2 Å². The smallest absolute Gasteiger partial charge is 0.416 e. The van der Waals surface area contributed by atoms with Crippen LogP contribution in [0.5, 0.6) is 5.75 Å². The molecule has 0 N–H and O–H groups in total. The first-order valence-corrected chi connectivity index (χ1v) is 14.1. The number of alkyl halides is 3. The van der Waals surface area contributed by atoms with Crippen molar-refractivity contribution in [2.45, 2.75) is 45.1 Å². The third-order valence-electron chi connectivity index (χ3n) is 4.72. The van der Waals surface area contributed by atoms with E-state index in [1.807, 2.05) is 12.2 Å². The molecule has 0 atom stereocenters. The van der Waals surface area contributed by atoms with Gasteiger partial charge in [0.15, 0.2) is 8.32 Å². The molecule has 0 aliphatic carbocycles. The molecule has 0 unspecified atom stereocenters. The van der Waals surface area contributed by atoms with Crippen molar-refractivity contribution in [2.75, 3.05) is 13.2 Å². The molecule has 9 heteroatoms. The van der Waals surface area contributed by atoms with E-state index in [-0.39, 0.29) is 22.4 Å². The summed E-state index contributed by atoms with van der Waals surface area (Å²) < 4.78 is 50.2. The van der Waals surface area contributed by atoms with Gasteiger partial charge in [0, 0.05) is 9.81 Å². The Balaban J connectivity index is 1.95. The molecule has 1 aliphatic rings. The molecule has 1 aliphatic heterocycles. The van der Waals surface area contributed by atoms with Crippen molar-refractivity contribution in [2.24, 2.45) is 0 Å². The highest BCUT2D eigenvalue weighted by Crippen LogP contribution is 2.43. The first kappa shape index (κ1) is 23.7. The molecule has 1 heterocycles. The summed E-state index contributed by atoms with van der Waals surface area (Å²) in [5.74, 6) is 0.0269. The first-order chi connectivity index (χ1) is 12.8. The van der Waals surface area contributed by atoms with Crippen molar-refractivity contribution in [1.82, 2.24) is 0 Å². The Labute approximate surface area is 178 Å². The number of ether oxygens (including phenoxy) is 1. The molecule has 28 heavy (non-hydrogen) atoms. The van der Waals surface area contributed by atoms with Gasteiger partial charge in [0.25, 0.3) is 0 Å². The second-order valence-corrected chi connectivity index (χ2v) is 15.5. The molecule has 0 aromatic heterocycles. The van der Waals surface area contributed by atoms with E-state index in [1.165, 1.54) is 16.9 Å². The van der Waals surface area contributed by atoms with E-state index in [0.29, 0.717) is 6.61 Å². The number of hydrogen-bond acceptors (Lipinski definition) is 4. The lowest BCUT2D eigenvalue weighted by atomic mass is 10.2. The molecule has 0 amide bonds. The Morgan fingerprint density at radius 3 is 2.07 bits per heavy atom. The second-order valence-electron chi connectivity index (χ2n) is 7.91. The van der Waals surface area contributed by atoms with Crippen molar-refractivity contribution < 1.29 is 22.3 Å². The van der Waals surface area contributed by atoms with E-state index in [1.54, 1.807) is 10.8 Å². The van der Waals surface area contributed by atoms with Crippen LogP contribution in [0.2, 0.25) is 23.2 Å². The van der Waals surface area contributed by atoms with Gasteiger partial charge in [-0.15, -0.1) is 0 Å².